The van der Waals surface area contributed by atoms with Crippen molar-refractivity contribution in [2.24, 2.45) is 0 Å². The molecule has 0 aliphatic heterocycles. The van der Waals surface area contributed by atoms with Crippen molar-refractivity contribution in [1.29, 1.82) is 0 Å². The Morgan fingerprint density at radius 1 is 1.00 bits per heavy atom. The number of hydrogen-bond donors (Lipinski definition) is 1. The van der Waals surface area contributed by atoms with Crippen LogP contribution in [0.3, 0.4) is 0 Å². The minimum Gasteiger partial charge on any atom is -0.312 e. The van der Waals surface area contributed by atoms with E-state index in [0.717, 1.165) is 5.56 Å². The van der Waals surface area contributed by atoms with Gasteiger partial charge in [-0.15, -0.1) is 0 Å². The molecule has 1 N–H and O–H groups in total. The fraction of sp³-hybridized carbons (Fsp3) is 0.267. The van der Waals surface area contributed by atoms with Crippen molar-refractivity contribution in [3.05, 3.63) is 63.9 Å². The second-order valence-corrected chi connectivity index (χ2v) is 5.32. The van der Waals surface area contributed by atoms with E-state index in [0.29, 0.717) is 16.0 Å². The van der Waals surface area contributed by atoms with E-state index in [9.17, 15) is 0 Å². The third-order valence-corrected chi connectivity index (χ3v) is 4.08. The van der Waals surface area contributed by atoms with Crippen molar-refractivity contribution in [2.45, 2.75) is 18.9 Å². The molecule has 1 aromatic heterocycles. The van der Waals surface area contributed by atoms with E-state index < -0.39 is 0 Å². The molecule has 2 atom stereocenters. The SMILES string of the molecule is CNC(c1ccc(Cl)c(Cl)c1)C(C)c1ccncc1. The van der Waals surface area contributed by atoms with Gasteiger partial charge in [-0.2, -0.15) is 0 Å². The third kappa shape index (κ3) is 3.27. The minimum absolute atomic E-state index is 0.178. The van der Waals surface area contributed by atoms with Crippen molar-refractivity contribution in [1.82, 2.24) is 10.3 Å². The quantitative estimate of drug-likeness (QED) is 0.901. The molecule has 100 valence electrons. The molecule has 2 rings (SSSR count). The fourth-order valence-corrected chi connectivity index (χ4v) is 2.58. The van der Waals surface area contributed by atoms with Gasteiger partial charge in [-0.1, -0.05) is 36.2 Å². The Labute approximate surface area is 123 Å². The van der Waals surface area contributed by atoms with Gasteiger partial charge in [0.2, 0.25) is 0 Å². The van der Waals surface area contributed by atoms with Crippen LogP contribution in [0, 0.1) is 0 Å². The van der Waals surface area contributed by atoms with Crippen molar-refractivity contribution in [3.63, 3.8) is 0 Å². The summed E-state index contributed by atoms with van der Waals surface area (Å²) in [5.74, 6) is 0.310. The maximum atomic E-state index is 6.10. The van der Waals surface area contributed by atoms with Crippen molar-refractivity contribution < 1.29 is 0 Å². The van der Waals surface area contributed by atoms with Gasteiger partial charge in [-0.25, -0.2) is 0 Å². The first-order valence-corrected chi connectivity index (χ1v) is 6.91. The summed E-state index contributed by atoms with van der Waals surface area (Å²) in [5.41, 5.74) is 2.36. The molecule has 19 heavy (non-hydrogen) atoms. The zero-order chi connectivity index (χ0) is 13.8. The molecule has 2 aromatic rings. The van der Waals surface area contributed by atoms with Gasteiger partial charge in [0, 0.05) is 24.4 Å². The maximum Gasteiger partial charge on any atom is 0.0595 e. The van der Waals surface area contributed by atoms with Gasteiger partial charge >= 0.3 is 0 Å². The first kappa shape index (κ1) is 14.3. The van der Waals surface area contributed by atoms with E-state index in [2.05, 4.69) is 17.2 Å². The van der Waals surface area contributed by atoms with Crippen LogP contribution < -0.4 is 5.32 Å². The first-order chi connectivity index (χ1) is 9.13. The van der Waals surface area contributed by atoms with Gasteiger partial charge in [0.1, 0.15) is 0 Å². The summed E-state index contributed by atoms with van der Waals surface area (Å²) in [4.78, 5) is 4.05. The number of likely N-dealkylation sites (N-methyl/N-ethyl adjacent to an activating group) is 1. The lowest BCUT2D eigenvalue weighted by atomic mass is 9.89. The van der Waals surface area contributed by atoms with Gasteiger partial charge in [0.05, 0.1) is 10.0 Å². The largest absolute Gasteiger partial charge is 0.312 e. The van der Waals surface area contributed by atoms with Crippen molar-refractivity contribution in [2.75, 3.05) is 7.05 Å². The summed E-state index contributed by atoms with van der Waals surface area (Å²) in [6.45, 7) is 2.18. The Kier molecular flexibility index (Phi) is 4.81. The molecule has 0 fully saturated rings. The molecule has 1 aromatic carbocycles. The van der Waals surface area contributed by atoms with Gasteiger partial charge in [0.15, 0.2) is 0 Å². The molecule has 2 nitrogen and oxygen atoms in total. The summed E-state index contributed by atoms with van der Waals surface area (Å²) in [7, 11) is 1.95. The zero-order valence-electron chi connectivity index (χ0n) is 10.9. The van der Waals surface area contributed by atoms with Crippen molar-refractivity contribution >= 4 is 23.2 Å². The van der Waals surface area contributed by atoms with Crippen LogP contribution in [-0.2, 0) is 0 Å². The van der Waals surface area contributed by atoms with Crippen LogP contribution in [0.25, 0.3) is 0 Å². The van der Waals surface area contributed by atoms with Crippen LogP contribution in [0.15, 0.2) is 42.7 Å². The molecule has 0 bridgehead atoms. The Balaban J connectivity index is 2.31. The molecule has 0 saturated carbocycles. The van der Waals surface area contributed by atoms with Crippen molar-refractivity contribution in [3.8, 4) is 0 Å². The first-order valence-electron chi connectivity index (χ1n) is 6.15. The topological polar surface area (TPSA) is 24.9 Å². The Hall–Kier alpha value is -1.09. The van der Waals surface area contributed by atoms with E-state index in [-0.39, 0.29) is 6.04 Å². The molecule has 1 heterocycles. The predicted octanol–water partition coefficient (Wildman–Crippen LogP) is 4.45. The summed E-state index contributed by atoms with van der Waals surface area (Å²) in [6, 6.07) is 10.0. The highest BCUT2D eigenvalue weighted by atomic mass is 35.5. The Morgan fingerprint density at radius 3 is 2.26 bits per heavy atom. The smallest absolute Gasteiger partial charge is 0.0595 e. The van der Waals surface area contributed by atoms with Crippen LogP contribution in [0.1, 0.15) is 30.0 Å². The van der Waals surface area contributed by atoms with Gasteiger partial charge in [-0.05, 0) is 42.4 Å². The highest BCUT2D eigenvalue weighted by Crippen LogP contribution is 2.33. The number of nitrogens with one attached hydrogen (secondary N) is 1. The maximum absolute atomic E-state index is 6.10. The van der Waals surface area contributed by atoms with Gasteiger partial charge in [0.25, 0.3) is 0 Å². The highest BCUT2D eigenvalue weighted by molar-refractivity contribution is 6.42. The number of pyridine rings is 1. The molecule has 0 amide bonds. The van der Waals surface area contributed by atoms with Gasteiger partial charge < -0.3 is 5.32 Å². The summed E-state index contributed by atoms with van der Waals surface area (Å²) >= 11 is 12.1. The van der Waals surface area contributed by atoms with Gasteiger partial charge in [-0.3, -0.25) is 4.98 Å². The monoisotopic (exact) mass is 294 g/mol. The number of hydrogen-bond acceptors (Lipinski definition) is 2. The average Bonchev–Trinajstić information content (AvgIpc) is 2.44. The molecule has 0 spiro atoms. The molecular weight excluding hydrogens is 279 g/mol. The van der Waals surface area contributed by atoms with E-state index >= 15 is 0 Å². The Morgan fingerprint density at radius 2 is 1.68 bits per heavy atom. The lowest BCUT2D eigenvalue weighted by molar-refractivity contribution is 0.507. The van der Waals surface area contributed by atoms with Crippen LogP contribution >= 0.6 is 23.2 Å². The predicted molar refractivity (Wildman–Crippen MR) is 80.9 cm³/mol. The molecule has 2 unspecified atom stereocenters. The van der Waals surface area contributed by atoms with E-state index in [4.69, 9.17) is 23.2 Å². The lowest BCUT2D eigenvalue weighted by Gasteiger charge is -2.24. The fourth-order valence-electron chi connectivity index (χ4n) is 2.27. The molecule has 0 aliphatic carbocycles. The van der Waals surface area contributed by atoms with E-state index in [1.54, 1.807) is 0 Å². The number of nitrogens with zero attached hydrogens (tertiary/aromatic N) is 1. The lowest BCUT2D eigenvalue weighted by Crippen LogP contribution is -2.22. The molecule has 0 aliphatic rings. The van der Waals surface area contributed by atoms with E-state index in [1.165, 1.54) is 5.56 Å². The molecule has 4 heteroatoms. The third-order valence-electron chi connectivity index (χ3n) is 3.35. The number of rotatable bonds is 4. The van der Waals surface area contributed by atoms with Crippen LogP contribution in [0.5, 0.6) is 0 Å². The van der Waals surface area contributed by atoms with Crippen LogP contribution in [0.4, 0.5) is 0 Å². The molecule has 0 saturated heterocycles. The number of benzene rings is 1. The summed E-state index contributed by atoms with van der Waals surface area (Å²) in [5, 5.41) is 4.51. The second kappa shape index (κ2) is 6.38. The zero-order valence-corrected chi connectivity index (χ0v) is 12.4. The number of aromatic nitrogens is 1. The molecular formula is C15H16Cl2N2. The summed E-state index contributed by atoms with van der Waals surface area (Å²) in [6.07, 6.45) is 3.63. The normalized spacial score (nSPS) is 14.1. The summed E-state index contributed by atoms with van der Waals surface area (Å²) < 4.78 is 0. The van der Waals surface area contributed by atoms with Crippen LogP contribution in [-0.4, -0.2) is 12.0 Å². The Bertz CT molecular complexity index is 543. The minimum atomic E-state index is 0.178. The standard InChI is InChI=1S/C15H16Cl2N2/c1-10(11-5-7-19-8-6-11)15(18-2)12-3-4-13(16)14(17)9-12/h3-10,15,18H,1-2H3. The molecule has 0 radical (unpaired) electrons. The highest BCUT2D eigenvalue weighted by Gasteiger charge is 2.19. The van der Waals surface area contributed by atoms with E-state index in [1.807, 2.05) is 49.8 Å². The second-order valence-electron chi connectivity index (χ2n) is 4.51. The number of halogens is 2. The van der Waals surface area contributed by atoms with Crippen LogP contribution in [0.2, 0.25) is 10.0 Å². The average molecular weight is 295 g/mol.